The average molecular weight is 722 g/mol. The molecule has 274 valence electrons. The quantitative estimate of drug-likeness (QED) is 0.263. The summed E-state index contributed by atoms with van der Waals surface area (Å²) in [6, 6.07) is 5.44. The average Bonchev–Trinajstić information content (AvgIpc) is 3.81. The van der Waals surface area contributed by atoms with Crippen molar-refractivity contribution in [3.05, 3.63) is 36.8 Å². The zero-order valence-electron chi connectivity index (χ0n) is 30.5. The number of nitrogens with zero attached hydrogens (tertiary/aromatic N) is 8. The summed E-state index contributed by atoms with van der Waals surface area (Å²) in [5.74, 6) is 0. The molecule has 1 N–H and O–H groups in total. The molecule has 0 bridgehead atoms. The van der Waals surface area contributed by atoms with E-state index in [0.29, 0.717) is 54.0 Å². The van der Waals surface area contributed by atoms with Crippen molar-refractivity contribution in [2.45, 2.75) is 102 Å². The van der Waals surface area contributed by atoms with Crippen LogP contribution in [-0.4, -0.2) is 99.0 Å². The highest BCUT2D eigenvalue weighted by atomic mass is 32.2. The van der Waals surface area contributed by atoms with Gasteiger partial charge in [0, 0.05) is 43.1 Å². The van der Waals surface area contributed by atoms with E-state index in [-0.39, 0.29) is 28.7 Å². The van der Waals surface area contributed by atoms with Gasteiger partial charge in [0.2, 0.25) is 10.0 Å². The number of piperidine rings is 1. The Morgan fingerprint density at radius 2 is 1.59 bits per heavy atom. The number of likely N-dealkylation sites (tertiary alicyclic amines) is 1. The highest BCUT2D eigenvalue weighted by Crippen LogP contribution is 2.35. The lowest BCUT2D eigenvalue weighted by Gasteiger charge is -2.33. The monoisotopic (exact) mass is 721 g/mol. The van der Waals surface area contributed by atoms with Crippen molar-refractivity contribution < 1.29 is 27.5 Å². The van der Waals surface area contributed by atoms with Crippen LogP contribution in [-0.2, 0) is 19.5 Å². The SMILES string of the molecule is CNS(=O)(=O)c1cc(-c2cnc3c(n2)c(-c2cn(C4CCN(C(=O)OC(C)(C)C)CC4)nn2)cn3C(=O)OC(C)(C)C)cc(N2CCC[C@H]2C)c1. The van der Waals surface area contributed by atoms with Crippen molar-refractivity contribution >= 4 is 39.1 Å². The Morgan fingerprint density at radius 3 is 2.22 bits per heavy atom. The van der Waals surface area contributed by atoms with E-state index < -0.39 is 27.3 Å². The van der Waals surface area contributed by atoms with Crippen LogP contribution in [0.1, 0.15) is 80.2 Å². The van der Waals surface area contributed by atoms with Gasteiger partial charge >= 0.3 is 12.2 Å². The summed E-state index contributed by atoms with van der Waals surface area (Å²) < 4.78 is 42.9. The fourth-order valence-electron chi connectivity index (χ4n) is 6.47. The normalized spacial score (nSPS) is 17.7. The second kappa shape index (κ2) is 13.5. The Balaban J connectivity index is 1.39. The van der Waals surface area contributed by atoms with Crippen molar-refractivity contribution in [2.75, 3.05) is 31.6 Å². The first-order valence-electron chi connectivity index (χ1n) is 17.3. The smallest absolute Gasteiger partial charge is 0.420 e. The molecule has 0 radical (unpaired) electrons. The topological polar surface area (TPSA) is 167 Å². The van der Waals surface area contributed by atoms with Crippen molar-refractivity contribution in [3.8, 4) is 22.5 Å². The van der Waals surface area contributed by atoms with Crippen LogP contribution in [0.3, 0.4) is 0 Å². The number of anilines is 1. The summed E-state index contributed by atoms with van der Waals surface area (Å²) in [5.41, 5.74) is 2.05. The molecule has 1 atom stereocenters. The number of rotatable bonds is 6. The number of carbonyl (C=O) groups excluding carboxylic acids is 2. The van der Waals surface area contributed by atoms with Gasteiger partial charge in [-0.2, -0.15) is 0 Å². The van der Waals surface area contributed by atoms with Crippen LogP contribution in [0, 0.1) is 0 Å². The third kappa shape index (κ3) is 7.86. The van der Waals surface area contributed by atoms with Crippen LogP contribution in [0.15, 0.2) is 41.7 Å². The molecule has 1 amide bonds. The summed E-state index contributed by atoms with van der Waals surface area (Å²) in [5, 5.41) is 8.91. The van der Waals surface area contributed by atoms with Crippen LogP contribution in [0.2, 0.25) is 0 Å². The van der Waals surface area contributed by atoms with Gasteiger partial charge in [-0.15, -0.1) is 5.10 Å². The number of hydrogen-bond acceptors (Lipinski definition) is 11. The number of benzene rings is 1. The molecule has 6 rings (SSSR count). The second-order valence-electron chi connectivity index (χ2n) is 15.2. The van der Waals surface area contributed by atoms with Gasteiger partial charge in [-0.05, 0) is 99.4 Å². The molecule has 3 aromatic heterocycles. The van der Waals surface area contributed by atoms with Gasteiger partial charge in [-0.25, -0.2) is 41.9 Å². The number of sulfonamides is 1. The van der Waals surface area contributed by atoms with E-state index in [4.69, 9.17) is 14.5 Å². The van der Waals surface area contributed by atoms with E-state index in [1.807, 2.05) is 33.0 Å². The maximum atomic E-state index is 13.4. The predicted molar refractivity (Wildman–Crippen MR) is 192 cm³/mol. The third-order valence-electron chi connectivity index (χ3n) is 9.01. The molecule has 51 heavy (non-hydrogen) atoms. The maximum absolute atomic E-state index is 13.4. The molecule has 2 fully saturated rings. The summed E-state index contributed by atoms with van der Waals surface area (Å²) >= 11 is 0. The lowest BCUT2D eigenvalue weighted by molar-refractivity contribution is 0.0184. The number of ether oxygens (including phenoxy) is 2. The lowest BCUT2D eigenvalue weighted by atomic mass is 10.1. The summed E-state index contributed by atoms with van der Waals surface area (Å²) in [7, 11) is -2.40. The van der Waals surface area contributed by atoms with Gasteiger partial charge in [0.15, 0.2) is 5.65 Å². The van der Waals surface area contributed by atoms with Crippen LogP contribution in [0.4, 0.5) is 15.3 Å². The zero-order chi connectivity index (χ0) is 36.9. The second-order valence-corrected chi connectivity index (χ2v) is 17.1. The Kier molecular flexibility index (Phi) is 9.61. The Labute approximate surface area is 298 Å². The Morgan fingerprint density at radius 1 is 0.902 bits per heavy atom. The summed E-state index contributed by atoms with van der Waals surface area (Å²) in [4.78, 5) is 39.7. The minimum Gasteiger partial charge on any atom is -0.444 e. The first-order chi connectivity index (χ1) is 23.9. The third-order valence-corrected chi connectivity index (χ3v) is 10.4. The van der Waals surface area contributed by atoms with E-state index in [1.54, 1.807) is 48.7 Å². The molecule has 15 nitrogen and oxygen atoms in total. The van der Waals surface area contributed by atoms with E-state index >= 15 is 0 Å². The maximum Gasteiger partial charge on any atom is 0.420 e. The van der Waals surface area contributed by atoms with E-state index in [0.717, 1.165) is 25.1 Å². The van der Waals surface area contributed by atoms with Gasteiger partial charge in [0.05, 0.1) is 34.6 Å². The molecular weight excluding hydrogens is 675 g/mol. The number of aromatic nitrogens is 6. The highest BCUT2D eigenvalue weighted by Gasteiger charge is 2.30. The van der Waals surface area contributed by atoms with Crippen molar-refractivity contribution in [1.29, 1.82) is 0 Å². The van der Waals surface area contributed by atoms with Gasteiger partial charge in [-0.1, -0.05) is 5.21 Å². The molecule has 4 aromatic rings. The minimum atomic E-state index is -3.78. The Bertz CT molecular complexity index is 2050. The first kappa shape index (κ1) is 36.2. The largest absolute Gasteiger partial charge is 0.444 e. The standard InChI is InChI=1S/C35H47N9O6S/c1-22-10-9-13-42(22)25-16-23(17-26(18-25)51(47,48)36-8)28-19-37-31-30(38-28)27(20-43(31)33(46)50-35(5,6)7)29-21-44(40-39-29)24-11-14-41(15-12-24)32(45)49-34(2,3)4/h16-22,24,36H,9-15H2,1-8H3/t22-/m1/s1. The first-order valence-corrected chi connectivity index (χ1v) is 18.8. The van der Waals surface area contributed by atoms with Crippen molar-refractivity contribution in [3.63, 3.8) is 0 Å². The number of amides is 1. The van der Waals surface area contributed by atoms with E-state index in [9.17, 15) is 18.0 Å². The van der Waals surface area contributed by atoms with Crippen LogP contribution >= 0.6 is 0 Å². The molecule has 16 heteroatoms. The van der Waals surface area contributed by atoms with Gasteiger partial charge in [0.1, 0.15) is 22.4 Å². The van der Waals surface area contributed by atoms with Crippen molar-refractivity contribution in [2.24, 2.45) is 0 Å². The van der Waals surface area contributed by atoms with E-state index in [2.05, 4.69) is 31.8 Å². The summed E-state index contributed by atoms with van der Waals surface area (Å²) in [6.45, 7) is 14.9. The minimum absolute atomic E-state index is 0.00551. The molecule has 2 saturated heterocycles. The van der Waals surface area contributed by atoms with Crippen LogP contribution in [0.5, 0.6) is 0 Å². The molecule has 2 aliphatic heterocycles. The lowest BCUT2D eigenvalue weighted by Crippen LogP contribution is -2.42. The fourth-order valence-corrected chi connectivity index (χ4v) is 7.27. The number of fused-ring (bicyclic) bond motifs is 1. The van der Waals surface area contributed by atoms with Crippen LogP contribution in [0.25, 0.3) is 33.7 Å². The van der Waals surface area contributed by atoms with Gasteiger partial charge in [-0.3, -0.25) is 0 Å². The van der Waals surface area contributed by atoms with Gasteiger partial charge in [0.25, 0.3) is 0 Å². The number of hydrogen-bond donors (Lipinski definition) is 1. The molecule has 5 heterocycles. The predicted octanol–water partition coefficient (Wildman–Crippen LogP) is 5.61. The Hall–Kier alpha value is -4.57. The fraction of sp³-hybridized carbons (Fsp3) is 0.543. The van der Waals surface area contributed by atoms with E-state index in [1.165, 1.54) is 17.8 Å². The zero-order valence-corrected chi connectivity index (χ0v) is 31.3. The highest BCUT2D eigenvalue weighted by molar-refractivity contribution is 7.89. The number of nitrogens with one attached hydrogen (secondary N) is 1. The molecule has 0 aliphatic carbocycles. The molecule has 2 aliphatic rings. The summed E-state index contributed by atoms with van der Waals surface area (Å²) in [6.07, 6.45) is 7.32. The molecule has 1 aromatic carbocycles. The molecule has 0 saturated carbocycles. The van der Waals surface area contributed by atoms with Gasteiger partial charge < -0.3 is 19.3 Å². The number of carbonyl (C=O) groups is 2. The molecule has 0 spiro atoms. The van der Waals surface area contributed by atoms with Crippen LogP contribution < -0.4 is 9.62 Å². The van der Waals surface area contributed by atoms with Crippen molar-refractivity contribution in [1.82, 2.24) is 39.2 Å². The molecular formula is C35H47N9O6S. The molecule has 0 unspecified atom stereocenters.